The number of benzene rings is 2. The molecule has 2 nitrogen and oxygen atoms in total. The first kappa shape index (κ1) is 17.5. The largest absolute Gasteiger partial charge is 0.497 e. The van der Waals surface area contributed by atoms with Gasteiger partial charge in [-0.2, -0.15) is 0 Å². The normalized spacial score (nSPS) is 14.5. The third-order valence-corrected chi connectivity index (χ3v) is 4.69. The molecule has 2 aromatic rings. The molecule has 3 heteroatoms. The molecule has 0 fully saturated rings. The van der Waals surface area contributed by atoms with Crippen molar-refractivity contribution < 1.29 is 9.53 Å². The summed E-state index contributed by atoms with van der Waals surface area (Å²) in [5, 5.41) is 0.732. The van der Waals surface area contributed by atoms with Gasteiger partial charge in [-0.05, 0) is 71.9 Å². The molecule has 3 rings (SSSR count). The molecule has 0 bridgehead atoms. The number of allylic oxidation sites excluding steroid dienone is 4. The van der Waals surface area contributed by atoms with Crippen LogP contribution in [0.4, 0.5) is 0 Å². The van der Waals surface area contributed by atoms with Crippen molar-refractivity contribution in [3.8, 4) is 5.75 Å². The van der Waals surface area contributed by atoms with Crippen molar-refractivity contribution in [1.82, 2.24) is 0 Å². The van der Waals surface area contributed by atoms with Crippen LogP contribution in [-0.2, 0) is 11.2 Å². The highest BCUT2D eigenvalue weighted by atomic mass is 35.5. The molecule has 0 N–H and O–H groups in total. The van der Waals surface area contributed by atoms with Gasteiger partial charge >= 0.3 is 0 Å². The van der Waals surface area contributed by atoms with E-state index in [9.17, 15) is 4.79 Å². The first-order chi connectivity index (χ1) is 12.1. The topological polar surface area (TPSA) is 26.3 Å². The number of aryl methyl sites for hydroxylation is 1. The molecule has 1 radical (unpaired) electrons. The number of halogens is 1. The molecule has 0 spiro atoms. The summed E-state index contributed by atoms with van der Waals surface area (Å²) in [6.07, 6.45) is 4.10. The average Bonchev–Trinajstić information content (AvgIpc) is 2.63. The molecule has 0 aromatic heterocycles. The molecular formula is C22H20ClO2. The second-order valence-corrected chi connectivity index (χ2v) is 6.57. The van der Waals surface area contributed by atoms with E-state index in [0.717, 1.165) is 45.9 Å². The molecule has 127 valence electrons. The Hall–Kier alpha value is -2.32. The number of hydrogen-bond donors (Lipinski definition) is 0. The molecule has 0 heterocycles. The van der Waals surface area contributed by atoms with E-state index in [4.69, 9.17) is 16.3 Å². The quantitative estimate of drug-likeness (QED) is 0.714. The van der Waals surface area contributed by atoms with E-state index in [1.165, 1.54) is 0 Å². The fourth-order valence-corrected chi connectivity index (χ4v) is 3.21. The van der Waals surface area contributed by atoms with Crippen LogP contribution in [0.15, 0.2) is 65.8 Å². The van der Waals surface area contributed by atoms with E-state index in [1.807, 2.05) is 48.5 Å². The SMILES string of the molecule is [CH2]C1=C(CCc2cccc(Cl)c2)C=C(c2ccc(OC)cc2)CC1=O. The Kier molecular flexibility index (Phi) is 5.40. The number of carbonyl (C=O) groups is 1. The molecule has 0 saturated heterocycles. The fourth-order valence-electron chi connectivity index (χ4n) is 2.99. The fraction of sp³-hybridized carbons (Fsp3) is 0.182. The van der Waals surface area contributed by atoms with Gasteiger partial charge in [0.1, 0.15) is 5.75 Å². The van der Waals surface area contributed by atoms with Gasteiger partial charge in [0.15, 0.2) is 5.78 Å². The number of hydrogen-bond acceptors (Lipinski definition) is 2. The minimum absolute atomic E-state index is 0.0920. The van der Waals surface area contributed by atoms with Crippen LogP contribution in [-0.4, -0.2) is 12.9 Å². The third-order valence-electron chi connectivity index (χ3n) is 4.46. The monoisotopic (exact) mass is 351 g/mol. The Morgan fingerprint density at radius 1 is 1.12 bits per heavy atom. The first-order valence-electron chi connectivity index (χ1n) is 8.24. The Labute approximate surface area is 153 Å². The van der Waals surface area contributed by atoms with Crippen molar-refractivity contribution in [3.05, 3.63) is 88.8 Å². The molecule has 0 saturated carbocycles. The summed E-state index contributed by atoms with van der Waals surface area (Å²) in [6, 6.07) is 15.6. The number of rotatable bonds is 5. The summed E-state index contributed by atoms with van der Waals surface area (Å²) >= 11 is 6.05. The van der Waals surface area contributed by atoms with Gasteiger partial charge in [0.05, 0.1) is 7.11 Å². The average molecular weight is 352 g/mol. The second-order valence-electron chi connectivity index (χ2n) is 6.13. The maximum absolute atomic E-state index is 12.4. The van der Waals surface area contributed by atoms with Gasteiger partial charge in [-0.25, -0.2) is 0 Å². The van der Waals surface area contributed by atoms with E-state index in [2.05, 4.69) is 13.0 Å². The molecular weight excluding hydrogens is 332 g/mol. The van der Waals surface area contributed by atoms with E-state index >= 15 is 0 Å². The van der Waals surface area contributed by atoms with Crippen molar-refractivity contribution in [2.45, 2.75) is 19.3 Å². The molecule has 0 unspecified atom stereocenters. The number of carbonyl (C=O) groups excluding carboxylic acids is 1. The lowest BCUT2D eigenvalue weighted by Crippen LogP contribution is -2.10. The predicted molar refractivity (Wildman–Crippen MR) is 103 cm³/mol. The molecule has 0 amide bonds. The van der Waals surface area contributed by atoms with E-state index < -0.39 is 0 Å². The van der Waals surface area contributed by atoms with Crippen LogP contribution in [0.5, 0.6) is 5.75 Å². The van der Waals surface area contributed by atoms with Gasteiger partial charge in [0, 0.05) is 11.4 Å². The third kappa shape index (κ3) is 4.21. The summed E-state index contributed by atoms with van der Waals surface area (Å²) in [4.78, 5) is 12.4. The van der Waals surface area contributed by atoms with Gasteiger partial charge in [-0.1, -0.05) is 41.9 Å². The molecule has 0 aliphatic heterocycles. The second kappa shape index (κ2) is 7.71. The van der Waals surface area contributed by atoms with Crippen LogP contribution < -0.4 is 4.74 Å². The van der Waals surface area contributed by atoms with Gasteiger partial charge in [0.2, 0.25) is 0 Å². The van der Waals surface area contributed by atoms with Crippen LogP contribution in [0, 0.1) is 6.92 Å². The standard InChI is InChI=1S/C22H20ClO2/c1-15-18(7-6-16-4-3-5-20(23)12-16)13-19(14-22(15)24)17-8-10-21(25-2)11-9-17/h3-5,8-13H,1,6-7,14H2,2H3. The Bertz CT molecular complexity index is 845. The minimum Gasteiger partial charge on any atom is -0.497 e. The zero-order valence-corrected chi connectivity index (χ0v) is 15.0. The highest BCUT2D eigenvalue weighted by molar-refractivity contribution is 6.30. The number of methoxy groups -OCH3 is 1. The highest BCUT2D eigenvalue weighted by Gasteiger charge is 2.19. The first-order valence-corrected chi connectivity index (χ1v) is 8.62. The van der Waals surface area contributed by atoms with Crippen molar-refractivity contribution in [2.75, 3.05) is 7.11 Å². The van der Waals surface area contributed by atoms with E-state index in [1.54, 1.807) is 7.11 Å². The van der Waals surface area contributed by atoms with Gasteiger partial charge < -0.3 is 4.74 Å². The maximum Gasteiger partial charge on any atom is 0.163 e. The maximum atomic E-state index is 12.4. The minimum atomic E-state index is 0.0920. The van der Waals surface area contributed by atoms with Crippen molar-refractivity contribution in [2.24, 2.45) is 0 Å². The molecule has 1 aliphatic rings. The summed E-state index contributed by atoms with van der Waals surface area (Å²) < 4.78 is 5.20. The number of Topliss-reactive ketones (excluding diaryl/α,β-unsaturated/α-hetero) is 1. The summed E-state index contributed by atoms with van der Waals surface area (Å²) in [7, 11) is 1.64. The summed E-state index contributed by atoms with van der Waals surface area (Å²) in [5.41, 5.74) is 4.86. The Morgan fingerprint density at radius 3 is 2.56 bits per heavy atom. The van der Waals surface area contributed by atoms with Gasteiger partial charge in [-0.15, -0.1) is 0 Å². The Morgan fingerprint density at radius 2 is 1.88 bits per heavy atom. The molecule has 1 aliphatic carbocycles. The Balaban J connectivity index is 1.82. The lowest BCUT2D eigenvalue weighted by atomic mass is 9.86. The number of ketones is 1. The van der Waals surface area contributed by atoms with Crippen LogP contribution in [0.1, 0.15) is 24.0 Å². The highest BCUT2D eigenvalue weighted by Crippen LogP contribution is 2.31. The zero-order valence-electron chi connectivity index (χ0n) is 14.2. The van der Waals surface area contributed by atoms with Gasteiger partial charge in [-0.3, -0.25) is 4.79 Å². The summed E-state index contributed by atoms with van der Waals surface area (Å²) in [5.74, 6) is 0.899. The summed E-state index contributed by atoms with van der Waals surface area (Å²) in [6.45, 7) is 3.98. The molecule has 0 atom stereocenters. The van der Waals surface area contributed by atoms with Crippen molar-refractivity contribution >= 4 is 23.0 Å². The van der Waals surface area contributed by atoms with E-state index in [0.29, 0.717) is 12.0 Å². The zero-order chi connectivity index (χ0) is 17.8. The lowest BCUT2D eigenvalue weighted by Gasteiger charge is -2.18. The van der Waals surface area contributed by atoms with Crippen LogP contribution in [0.25, 0.3) is 5.57 Å². The van der Waals surface area contributed by atoms with Crippen molar-refractivity contribution in [3.63, 3.8) is 0 Å². The predicted octanol–water partition coefficient (Wildman–Crippen LogP) is 5.47. The van der Waals surface area contributed by atoms with Crippen LogP contribution >= 0.6 is 11.6 Å². The molecule has 2 aromatic carbocycles. The lowest BCUT2D eigenvalue weighted by molar-refractivity contribution is -0.114. The molecule has 25 heavy (non-hydrogen) atoms. The van der Waals surface area contributed by atoms with Crippen LogP contribution in [0.2, 0.25) is 5.02 Å². The van der Waals surface area contributed by atoms with E-state index in [-0.39, 0.29) is 5.78 Å². The number of ether oxygens (including phenoxy) is 1. The van der Waals surface area contributed by atoms with Crippen LogP contribution in [0.3, 0.4) is 0 Å². The van der Waals surface area contributed by atoms with Gasteiger partial charge in [0.25, 0.3) is 0 Å². The smallest absolute Gasteiger partial charge is 0.163 e. The van der Waals surface area contributed by atoms with Crippen molar-refractivity contribution in [1.29, 1.82) is 0 Å².